The van der Waals surface area contributed by atoms with Gasteiger partial charge in [-0.1, -0.05) is 45.0 Å². The molecule has 2 aromatic carbocycles. The normalized spacial score (nSPS) is 11.7. The van der Waals surface area contributed by atoms with Crippen molar-refractivity contribution in [1.82, 2.24) is 0 Å². The average molecular weight is 321 g/mol. The van der Waals surface area contributed by atoms with Gasteiger partial charge in [-0.15, -0.1) is 0 Å². The summed E-state index contributed by atoms with van der Waals surface area (Å²) in [5, 5.41) is 3.99. The van der Waals surface area contributed by atoms with E-state index in [4.69, 9.17) is 4.42 Å². The summed E-state index contributed by atoms with van der Waals surface area (Å²) in [5.41, 5.74) is 4.94. The highest BCUT2D eigenvalue weighted by Gasteiger charge is 2.17. The van der Waals surface area contributed by atoms with E-state index in [0.29, 0.717) is 6.42 Å². The van der Waals surface area contributed by atoms with E-state index in [0.717, 1.165) is 27.8 Å². The van der Waals surface area contributed by atoms with Crippen LogP contribution < -0.4 is 5.32 Å². The topological polar surface area (TPSA) is 42.2 Å². The van der Waals surface area contributed by atoms with E-state index in [9.17, 15) is 4.79 Å². The van der Waals surface area contributed by atoms with Crippen molar-refractivity contribution in [3.8, 4) is 0 Å². The van der Waals surface area contributed by atoms with Crippen molar-refractivity contribution in [2.24, 2.45) is 0 Å². The number of hydrogen-bond acceptors (Lipinski definition) is 2. The smallest absolute Gasteiger partial charge is 0.228 e. The van der Waals surface area contributed by atoms with Crippen molar-refractivity contribution in [3.05, 3.63) is 65.4 Å². The number of rotatable bonds is 3. The Morgan fingerprint density at radius 1 is 1.12 bits per heavy atom. The third-order valence-electron chi connectivity index (χ3n) is 4.29. The van der Waals surface area contributed by atoms with Gasteiger partial charge in [0.1, 0.15) is 5.58 Å². The predicted octanol–water partition coefficient (Wildman–Crippen LogP) is 5.22. The highest BCUT2D eigenvalue weighted by molar-refractivity contribution is 5.95. The number of aryl methyl sites for hydroxylation is 1. The van der Waals surface area contributed by atoms with Crippen LogP contribution in [0.2, 0.25) is 0 Å². The third-order valence-corrected chi connectivity index (χ3v) is 4.29. The second-order valence-electron chi connectivity index (χ2n) is 7.26. The zero-order valence-electron chi connectivity index (χ0n) is 14.6. The molecule has 1 N–H and O–H groups in total. The molecule has 0 saturated heterocycles. The lowest BCUT2D eigenvalue weighted by Crippen LogP contribution is -2.15. The molecule has 0 radical (unpaired) electrons. The summed E-state index contributed by atoms with van der Waals surface area (Å²) in [4.78, 5) is 12.4. The van der Waals surface area contributed by atoms with Crippen LogP contribution in [0, 0.1) is 6.92 Å². The van der Waals surface area contributed by atoms with Gasteiger partial charge in [0.15, 0.2) is 0 Å². The Morgan fingerprint density at radius 2 is 1.88 bits per heavy atom. The Hall–Kier alpha value is -2.55. The molecule has 1 aromatic heterocycles. The minimum absolute atomic E-state index is 0.0341. The first-order chi connectivity index (χ1) is 11.3. The van der Waals surface area contributed by atoms with Gasteiger partial charge in [0.05, 0.1) is 12.7 Å². The molecule has 0 unspecified atom stereocenters. The molecule has 0 aliphatic rings. The van der Waals surface area contributed by atoms with Crippen LogP contribution in [0.1, 0.15) is 37.5 Å². The van der Waals surface area contributed by atoms with Crippen molar-refractivity contribution in [3.63, 3.8) is 0 Å². The lowest BCUT2D eigenvalue weighted by Gasteiger charge is -2.18. The SMILES string of the molecule is Cc1ccccc1NC(=O)Cc1coc2ccc(C(C)(C)C)cc12. The van der Waals surface area contributed by atoms with E-state index in [1.807, 2.05) is 37.3 Å². The largest absolute Gasteiger partial charge is 0.464 e. The second-order valence-corrected chi connectivity index (χ2v) is 7.26. The van der Waals surface area contributed by atoms with Gasteiger partial charge in [-0.05, 0) is 41.7 Å². The van der Waals surface area contributed by atoms with Crippen LogP contribution in [-0.4, -0.2) is 5.91 Å². The molecule has 3 heteroatoms. The molecule has 3 nitrogen and oxygen atoms in total. The van der Waals surface area contributed by atoms with Crippen LogP contribution >= 0.6 is 0 Å². The zero-order valence-corrected chi connectivity index (χ0v) is 14.6. The van der Waals surface area contributed by atoms with Gasteiger partial charge >= 0.3 is 0 Å². The van der Waals surface area contributed by atoms with Crippen molar-refractivity contribution in [2.45, 2.75) is 39.5 Å². The molecule has 0 bridgehead atoms. The minimum Gasteiger partial charge on any atom is -0.464 e. The molecule has 0 saturated carbocycles. The van der Waals surface area contributed by atoms with Crippen molar-refractivity contribution >= 4 is 22.6 Å². The van der Waals surface area contributed by atoms with Gasteiger partial charge < -0.3 is 9.73 Å². The molecule has 0 spiro atoms. The molecule has 0 fully saturated rings. The number of benzene rings is 2. The first-order valence-corrected chi connectivity index (χ1v) is 8.21. The Kier molecular flexibility index (Phi) is 4.18. The summed E-state index contributed by atoms with van der Waals surface area (Å²) in [7, 11) is 0. The van der Waals surface area contributed by atoms with E-state index in [1.165, 1.54) is 5.56 Å². The second kappa shape index (κ2) is 6.16. The lowest BCUT2D eigenvalue weighted by molar-refractivity contribution is -0.115. The maximum Gasteiger partial charge on any atom is 0.228 e. The molecule has 124 valence electrons. The molecule has 3 aromatic rings. The molecule has 1 amide bonds. The standard InChI is InChI=1S/C21H23NO2/c1-14-7-5-6-8-18(14)22-20(23)11-15-13-24-19-10-9-16(12-17(15)19)21(2,3)4/h5-10,12-13H,11H2,1-4H3,(H,22,23). The van der Waals surface area contributed by atoms with Crippen LogP contribution in [0.3, 0.4) is 0 Å². The van der Waals surface area contributed by atoms with Crippen molar-refractivity contribution in [1.29, 1.82) is 0 Å². The van der Waals surface area contributed by atoms with Gasteiger partial charge in [-0.3, -0.25) is 4.79 Å². The first kappa shape index (κ1) is 16.3. The quantitative estimate of drug-likeness (QED) is 0.718. The number of hydrogen-bond donors (Lipinski definition) is 1. The van der Waals surface area contributed by atoms with Crippen molar-refractivity contribution in [2.75, 3.05) is 5.32 Å². The van der Waals surface area contributed by atoms with E-state index in [1.54, 1.807) is 6.26 Å². The summed E-state index contributed by atoms with van der Waals surface area (Å²) < 4.78 is 5.61. The Balaban J connectivity index is 1.84. The van der Waals surface area contributed by atoms with Gasteiger partial charge in [0.25, 0.3) is 0 Å². The van der Waals surface area contributed by atoms with Crippen LogP contribution in [0.4, 0.5) is 5.69 Å². The first-order valence-electron chi connectivity index (χ1n) is 8.21. The fraction of sp³-hybridized carbons (Fsp3) is 0.286. The summed E-state index contributed by atoms with van der Waals surface area (Å²) >= 11 is 0. The lowest BCUT2D eigenvalue weighted by atomic mass is 9.86. The number of furan rings is 1. The number of carbonyl (C=O) groups excluding carboxylic acids is 1. The summed E-state index contributed by atoms with van der Waals surface area (Å²) in [5.74, 6) is -0.0341. The Bertz CT molecular complexity index is 884. The number of nitrogens with one attached hydrogen (secondary N) is 1. The van der Waals surface area contributed by atoms with Gasteiger partial charge in [-0.25, -0.2) is 0 Å². The molecular formula is C21H23NO2. The number of fused-ring (bicyclic) bond motifs is 1. The monoisotopic (exact) mass is 321 g/mol. The van der Waals surface area contributed by atoms with E-state index in [2.05, 4.69) is 38.2 Å². The fourth-order valence-electron chi connectivity index (χ4n) is 2.77. The molecule has 0 aliphatic carbocycles. The molecule has 24 heavy (non-hydrogen) atoms. The van der Waals surface area contributed by atoms with E-state index >= 15 is 0 Å². The van der Waals surface area contributed by atoms with Crippen LogP contribution in [0.25, 0.3) is 11.0 Å². The highest BCUT2D eigenvalue weighted by Crippen LogP contribution is 2.29. The predicted molar refractivity (Wildman–Crippen MR) is 98.4 cm³/mol. The highest BCUT2D eigenvalue weighted by atomic mass is 16.3. The van der Waals surface area contributed by atoms with Gasteiger partial charge in [0, 0.05) is 16.6 Å². The van der Waals surface area contributed by atoms with Crippen LogP contribution in [0.5, 0.6) is 0 Å². The summed E-state index contributed by atoms with van der Waals surface area (Å²) in [6.45, 7) is 8.52. The third kappa shape index (κ3) is 3.35. The number of carbonyl (C=O) groups is 1. The average Bonchev–Trinajstić information content (AvgIpc) is 2.91. The van der Waals surface area contributed by atoms with E-state index in [-0.39, 0.29) is 11.3 Å². The van der Waals surface area contributed by atoms with Crippen molar-refractivity contribution < 1.29 is 9.21 Å². The van der Waals surface area contributed by atoms with Gasteiger partial charge in [-0.2, -0.15) is 0 Å². The minimum atomic E-state index is -0.0341. The van der Waals surface area contributed by atoms with E-state index < -0.39 is 0 Å². The Labute approximate surface area is 142 Å². The molecule has 1 heterocycles. The zero-order chi connectivity index (χ0) is 17.3. The Morgan fingerprint density at radius 3 is 2.58 bits per heavy atom. The number of anilines is 1. The number of para-hydroxylation sites is 1. The molecule has 0 atom stereocenters. The maximum absolute atomic E-state index is 12.4. The fourth-order valence-corrected chi connectivity index (χ4v) is 2.77. The molecule has 0 aliphatic heterocycles. The van der Waals surface area contributed by atoms with Crippen LogP contribution in [-0.2, 0) is 16.6 Å². The number of amides is 1. The molecular weight excluding hydrogens is 298 g/mol. The summed E-state index contributed by atoms with van der Waals surface area (Å²) in [6.07, 6.45) is 1.99. The molecule has 3 rings (SSSR count). The summed E-state index contributed by atoms with van der Waals surface area (Å²) in [6, 6.07) is 14.0. The van der Waals surface area contributed by atoms with Gasteiger partial charge in [0.2, 0.25) is 5.91 Å². The maximum atomic E-state index is 12.4. The van der Waals surface area contributed by atoms with Crippen LogP contribution in [0.15, 0.2) is 53.1 Å².